The van der Waals surface area contributed by atoms with Gasteiger partial charge in [0.25, 0.3) is 0 Å². The van der Waals surface area contributed by atoms with Crippen LogP contribution < -0.4 is 0 Å². The Morgan fingerprint density at radius 2 is 2.00 bits per heavy atom. The summed E-state index contributed by atoms with van der Waals surface area (Å²) in [5, 5.41) is 11.3. The van der Waals surface area contributed by atoms with Crippen LogP contribution in [0.25, 0.3) is 0 Å². The Morgan fingerprint density at radius 1 is 1.32 bits per heavy atom. The summed E-state index contributed by atoms with van der Waals surface area (Å²) in [6, 6.07) is 0. The Kier molecular flexibility index (Phi) is 4.10. The molecule has 1 spiro atoms. The van der Waals surface area contributed by atoms with Crippen molar-refractivity contribution in [2.45, 2.75) is 71.7 Å². The van der Waals surface area contributed by atoms with Gasteiger partial charge in [0, 0.05) is 31.3 Å². The predicted molar refractivity (Wildman–Crippen MR) is 89.2 cm³/mol. The molecular weight excluding hydrogens is 274 g/mol. The maximum absolute atomic E-state index is 11.3. The zero-order valence-corrected chi connectivity index (χ0v) is 14.9. The van der Waals surface area contributed by atoms with Gasteiger partial charge in [-0.3, -0.25) is 0 Å². The lowest BCUT2D eigenvalue weighted by Crippen LogP contribution is -2.49. The van der Waals surface area contributed by atoms with E-state index in [1.54, 1.807) is 0 Å². The monoisotopic (exact) mass is 307 g/mol. The van der Waals surface area contributed by atoms with Gasteiger partial charge in [-0.25, -0.2) is 0 Å². The number of nitrogens with zero attached hydrogens (tertiary/aromatic N) is 1. The molecule has 2 saturated heterocycles. The van der Waals surface area contributed by atoms with Crippen molar-refractivity contribution in [3.8, 4) is 0 Å². The minimum absolute atomic E-state index is 0.110. The van der Waals surface area contributed by atoms with E-state index in [9.17, 15) is 5.11 Å². The van der Waals surface area contributed by atoms with Crippen LogP contribution >= 0.6 is 0 Å². The third kappa shape index (κ3) is 2.24. The van der Waals surface area contributed by atoms with E-state index < -0.39 is 5.79 Å². The maximum atomic E-state index is 11.3. The first kappa shape index (κ1) is 16.3. The van der Waals surface area contributed by atoms with Crippen LogP contribution in [0, 0.1) is 23.7 Å². The molecule has 3 heteroatoms. The number of aliphatic hydroxyl groups is 1. The Balaban J connectivity index is 2.00. The molecule has 3 fully saturated rings. The average molecular weight is 307 g/mol. The van der Waals surface area contributed by atoms with Gasteiger partial charge in [0.2, 0.25) is 0 Å². The van der Waals surface area contributed by atoms with Gasteiger partial charge in [-0.1, -0.05) is 20.8 Å². The largest absolute Gasteiger partial charge is 0.378 e. The molecule has 3 aliphatic rings. The number of rotatable bonds is 4. The maximum Gasteiger partial charge on any atom is 0.173 e. The van der Waals surface area contributed by atoms with E-state index in [1.165, 1.54) is 18.4 Å². The highest BCUT2D eigenvalue weighted by molar-refractivity contribution is 5.26. The highest BCUT2D eigenvalue weighted by Gasteiger charge is 2.66. The van der Waals surface area contributed by atoms with Crippen molar-refractivity contribution in [3.63, 3.8) is 0 Å². The molecular formula is C19H33NO2. The van der Waals surface area contributed by atoms with Crippen LogP contribution in [0.4, 0.5) is 0 Å². The Hall–Kier alpha value is -0.540. The lowest BCUT2D eigenvalue weighted by atomic mass is 9.77. The van der Waals surface area contributed by atoms with Crippen LogP contribution in [0.3, 0.4) is 0 Å². The molecule has 2 bridgehead atoms. The Morgan fingerprint density at radius 3 is 2.59 bits per heavy atom. The second kappa shape index (κ2) is 5.52. The molecule has 1 saturated carbocycles. The summed E-state index contributed by atoms with van der Waals surface area (Å²) in [6.07, 6.45) is 6.51. The minimum atomic E-state index is -0.942. The summed E-state index contributed by atoms with van der Waals surface area (Å²) in [7, 11) is 0. The van der Waals surface area contributed by atoms with Crippen molar-refractivity contribution in [2.24, 2.45) is 23.7 Å². The fourth-order valence-electron chi connectivity index (χ4n) is 5.33. The van der Waals surface area contributed by atoms with Gasteiger partial charge in [0.05, 0.1) is 5.60 Å². The lowest BCUT2D eigenvalue weighted by Gasteiger charge is -2.44. The first-order valence-electron chi connectivity index (χ1n) is 9.23. The van der Waals surface area contributed by atoms with Crippen molar-refractivity contribution in [1.29, 1.82) is 0 Å². The molecule has 3 nitrogen and oxygen atoms in total. The Bertz CT molecular complexity index is 456. The van der Waals surface area contributed by atoms with E-state index in [0.717, 1.165) is 19.5 Å². The van der Waals surface area contributed by atoms with Gasteiger partial charge in [-0.2, -0.15) is 0 Å². The van der Waals surface area contributed by atoms with E-state index in [-0.39, 0.29) is 11.5 Å². The summed E-state index contributed by atoms with van der Waals surface area (Å²) in [6.45, 7) is 13.2. The van der Waals surface area contributed by atoms with E-state index in [4.69, 9.17) is 4.74 Å². The lowest BCUT2D eigenvalue weighted by molar-refractivity contribution is -0.269. The average Bonchev–Trinajstić information content (AvgIpc) is 2.92. The second-order valence-corrected chi connectivity index (χ2v) is 8.09. The molecule has 2 heterocycles. The van der Waals surface area contributed by atoms with E-state index >= 15 is 0 Å². The molecule has 2 aliphatic heterocycles. The SMILES string of the molecule is CCN(/C=C1\CC2(O)OC3(CC2C(C)C)C(C)CCC13)CC. The molecule has 0 radical (unpaired) electrons. The van der Waals surface area contributed by atoms with Crippen molar-refractivity contribution in [1.82, 2.24) is 4.90 Å². The molecule has 5 atom stereocenters. The van der Waals surface area contributed by atoms with Gasteiger partial charge in [-0.15, -0.1) is 0 Å². The third-order valence-corrected chi connectivity index (χ3v) is 6.67. The van der Waals surface area contributed by atoms with Crippen LogP contribution in [0.2, 0.25) is 0 Å². The fourth-order valence-corrected chi connectivity index (χ4v) is 5.33. The van der Waals surface area contributed by atoms with Crippen LogP contribution in [-0.4, -0.2) is 34.5 Å². The van der Waals surface area contributed by atoms with E-state index in [0.29, 0.717) is 24.2 Å². The second-order valence-electron chi connectivity index (χ2n) is 8.09. The van der Waals surface area contributed by atoms with E-state index in [2.05, 4.69) is 45.7 Å². The summed E-state index contributed by atoms with van der Waals surface area (Å²) < 4.78 is 6.46. The first-order chi connectivity index (χ1) is 10.4. The van der Waals surface area contributed by atoms with E-state index in [1.807, 2.05) is 0 Å². The smallest absolute Gasteiger partial charge is 0.173 e. The molecule has 5 unspecified atom stereocenters. The van der Waals surface area contributed by atoms with Crippen LogP contribution in [-0.2, 0) is 4.74 Å². The van der Waals surface area contributed by atoms with Crippen molar-refractivity contribution in [3.05, 3.63) is 11.8 Å². The minimum Gasteiger partial charge on any atom is -0.378 e. The zero-order valence-electron chi connectivity index (χ0n) is 14.9. The standard InChI is InChI=1S/C19H33NO2/c1-6-20(7-2)12-15-10-19(21)17(13(3)4)11-18(22-19)14(5)8-9-16(15)18/h12-14,16-17,21H,6-11H2,1-5H3/b15-12+. The Labute approximate surface area is 135 Å². The highest BCUT2D eigenvalue weighted by atomic mass is 16.6. The number of hydrogen-bond acceptors (Lipinski definition) is 3. The van der Waals surface area contributed by atoms with Crippen LogP contribution in [0.15, 0.2) is 11.8 Å². The van der Waals surface area contributed by atoms with Gasteiger partial charge >= 0.3 is 0 Å². The molecule has 22 heavy (non-hydrogen) atoms. The van der Waals surface area contributed by atoms with Crippen molar-refractivity contribution in [2.75, 3.05) is 13.1 Å². The topological polar surface area (TPSA) is 32.7 Å². The van der Waals surface area contributed by atoms with Gasteiger partial charge in [0.1, 0.15) is 0 Å². The fraction of sp³-hybridized carbons (Fsp3) is 0.895. The summed E-state index contributed by atoms with van der Waals surface area (Å²) in [4.78, 5) is 2.37. The number of fused-ring (bicyclic) bond motifs is 1. The quantitative estimate of drug-likeness (QED) is 0.858. The molecule has 1 aliphatic carbocycles. The summed E-state index contributed by atoms with van der Waals surface area (Å²) in [5.41, 5.74) is 1.32. The molecule has 126 valence electrons. The molecule has 0 aromatic carbocycles. The number of hydrogen-bond donors (Lipinski definition) is 1. The van der Waals surface area contributed by atoms with Crippen molar-refractivity contribution < 1.29 is 9.84 Å². The predicted octanol–water partition coefficient (Wildman–Crippen LogP) is 3.78. The normalized spacial score (nSPS) is 45.6. The van der Waals surface area contributed by atoms with Gasteiger partial charge in [0.15, 0.2) is 5.79 Å². The molecule has 3 rings (SSSR count). The molecule has 0 aromatic rings. The van der Waals surface area contributed by atoms with Crippen LogP contribution in [0.1, 0.15) is 60.3 Å². The van der Waals surface area contributed by atoms with Crippen molar-refractivity contribution >= 4 is 0 Å². The first-order valence-corrected chi connectivity index (χ1v) is 9.23. The zero-order chi connectivity index (χ0) is 16.1. The van der Waals surface area contributed by atoms with Gasteiger partial charge in [-0.05, 0) is 56.7 Å². The number of ether oxygens (including phenoxy) is 1. The molecule has 0 aromatic heterocycles. The summed E-state index contributed by atoms with van der Waals surface area (Å²) in [5.74, 6) is 0.839. The van der Waals surface area contributed by atoms with Gasteiger partial charge < -0.3 is 14.7 Å². The molecule has 1 N–H and O–H groups in total. The highest BCUT2D eigenvalue weighted by Crippen LogP contribution is 2.64. The molecule has 0 amide bonds. The third-order valence-electron chi connectivity index (χ3n) is 6.67. The van der Waals surface area contributed by atoms with Crippen LogP contribution in [0.5, 0.6) is 0 Å². The summed E-state index contributed by atoms with van der Waals surface area (Å²) >= 11 is 0.